The Hall–Kier alpha value is -0.730. The van der Waals surface area contributed by atoms with E-state index in [1.54, 1.807) is 0 Å². The highest BCUT2D eigenvalue weighted by atomic mass is 15.3. The fourth-order valence-electron chi connectivity index (χ4n) is 2.60. The SMILES string of the molecule is CCN=C(NCC)N(C)CC1CCC(C)CC1. The third-order valence-electron chi connectivity index (χ3n) is 3.67. The molecule has 0 heterocycles. The zero-order valence-corrected chi connectivity index (χ0v) is 12.0. The highest BCUT2D eigenvalue weighted by molar-refractivity contribution is 5.79. The molecule has 3 heteroatoms. The quantitative estimate of drug-likeness (QED) is 0.603. The Labute approximate surface area is 107 Å². The molecule has 0 amide bonds. The highest BCUT2D eigenvalue weighted by Gasteiger charge is 2.20. The lowest BCUT2D eigenvalue weighted by atomic mass is 9.83. The van der Waals surface area contributed by atoms with Gasteiger partial charge in [-0.25, -0.2) is 0 Å². The average molecular weight is 239 g/mol. The van der Waals surface area contributed by atoms with E-state index in [0.29, 0.717) is 0 Å². The predicted molar refractivity (Wildman–Crippen MR) is 75.4 cm³/mol. The topological polar surface area (TPSA) is 27.6 Å². The van der Waals surface area contributed by atoms with Crippen LogP contribution in [0.2, 0.25) is 0 Å². The maximum Gasteiger partial charge on any atom is 0.193 e. The Morgan fingerprint density at radius 2 is 1.88 bits per heavy atom. The van der Waals surface area contributed by atoms with E-state index in [9.17, 15) is 0 Å². The van der Waals surface area contributed by atoms with Gasteiger partial charge in [0, 0.05) is 26.7 Å². The van der Waals surface area contributed by atoms with Crippen LogP contribution < -0.4 is 5.32 Å². The Morgan fingerprint density at radius 1 is 1.24 bits per heavy atom. The van der Waals surface area contributed by atoms with Gasteiger partial charge in [0.1, 0.15) is 0 Å². The van der Waals surface area contributed by atoms with Crippen molar-refractivity contribution in [3.63, 3.8) is 0 Å². The molecule has 0 aromatic rings. The van der Waals surface area contributed by atoms with Gasteiger partial charge in [-0.15, -0.1) is 0 Å². The van der Waals surface area contributed by atoms with Crippen LogP contribution in [0.3, 0.4) is 0 Å². The highest BCUT2D eigenvalue weighted by Crippen LogP contribution is 2.28. The summed E-state index contributed by atoms with van der Waals surface area (Å²) >= 11 is 0. The van der Waals surface area contributed by atoms with Gasteiger partial charge in [-0.2, -0.15) is 0 Å². The lowest BCUT2D eigenvalue weighted by molar-refractivity contribution is 0.250. The fourth-order valence-corrected chi connectivity index (χ4v) is 2.60. The van der Waals surface area contributed by atoms with E-state index in [0.717, 1.165) is 37.4 Å². The van der Waals surface area contributed by atoms with E-state index in [-0.39, 0.29) is 0 Å². The second-order valence-corrected chi connectivity index (χ2v) is 5.33. The van der Waals surface area contributed by atoms with Gasteiger partial charge in [0.05, 0.1) is 0 Å². The van der Waals surface area contributed by atoms with Crippen LogP contribution in [-0.2, 0) is 0 Å². The average Bonchev–Trinajstić information content (AvgIpc) is 2.32. The fraction of sp³-hybridized carbons (Fsp3) is 0.929. The monoisotopic (exact) mass is 239 g/mol. The third kappa shape index (κ3) is 4.97. The van der Waals surface area contributed by atoms with Crippen LogP contribution in [-0.4, -0.2) is 37.5 Å². The van der Waals surface area contributed by atoms with Crippen LogP contribution in [0, 0.1) is 11.8 Å². The van der Waals surface area contributed by atoms with Crippen LogP contribution in [0.25, 0.3) is 0 Å². The zero-order valence-electron chi connectivity index (χ0n) is 12.0. The van der Waals surface area contributed by atoms with E-state index in [2.05, 4.69) is 43.0 Å². The van der Waals surface area contributed by atoms with E-state index < -0.39 is 0 Å². The lowest BCUT2D eigenvalue weighted by Gasteiger charge is -2.31. The van der Waals surface area contributed by atoms with Gasteiger partial charge in [-0.3, -0.25) is 4.99 Å². The minimum absolute atomic E-state index is 0.856. The molecule has 0 aromatic carbocycles. The van der Waals surface area contributed by atoms with E-state index in [1.807, 2.05) is 0 Å². The molecule has 0 saturated heterocycles. The van der Waals surface area contributed by atoms with Crippen molar-refractivity contribution in [3.8, 4) is 0 Å². The molecule has 1 fully saturated rings. The number of guanidine groups is 1. The third-order valence-corrected chi connectivity index (χ3v) is 3.67. The molecule has 1 saturated carbocycles. The van der Waals surface area contributed by atoms with E-state index in [1.165, 1.54) is 25.7 Å². The minimum Gasteiger partial charge on any atom is -0.357 e. The summed E-state index contributed by atoms with van der Waals surface area (Å²) in [6.07, 6.45) is 5.58. The van der Waals surface area contributed by atoms with Crippen molar-refractivity contribution in [2.24, 2.45) is 16.8 Å². The summed E-state index contributed by atoms with van der Waals surface area (Å²) in [5, 5.41) is 3.36. The molecule has 0 atom stereocenters. The predicted octanol–water partition coefficient (Wildman–Crippen LogP) is 2.73. The summed E-state index contributed by atoms with van der Waals surface area (Å²) in [5.41, 5.74) is 0. The van der Waals surface area contributed by atoms with Crippen LogP contribution in [0.4, 0.5) is 0 Å². The smallest absolute Gasteiger partial charge is 0.193 e. The summed E-state index contributed by atoms with van der Waals surface area (Å²) in [6, 6.07) is 0. The Morgan fingerprint density at radius 3 is 2.41 bits per heavy atom. The summed E-state index contributed by atoms with van der Waals surface area (Å²) in [5.74, 6) is 2.86. The lowest BCUT2D eigenvalue weighted by Crippen LogP contribution is -2.41. The number of rotatable bonds is 4. The van der Waals surface area contributed by atoms with Crippen molar-refractivity contribution in [1.82, 2.24) is 10.2 Å². The summed E-state index contributed by atoms with van der Waals surface area (Å²) in [4.78, 5) is 6.82. The Kier molecular flexibility index (Phi) is 6.38. The first-order valence-corrected chi connectivity index (χ1v) is 7.16. The summed E-state index contributed by atoms with van der Waals surface area (Å²) < 4.78 is 0. The summed E-state index contributed by atoms with van der Waals surface area (Å²) in [7, 11) is 2.16. The maximum atomic E-state index is 4.53. The molecule has 0 aliphatic heterocycles. The first kappa shape index (κ1) is 14.3. The second-order valence-electron chi connectivity index (χ2n) is 5.33. The van der Waals surface area contributed by atoms with E-state index >= 15 is 0 Å². The Bertz CT molecular complexity index is 230. The molecule has 3 nitrogen and oxygen atoms in total. The Balaban J connectivity index is 2.40. The van der Waals surface area contributed by atoms with Gasteiger partial charge in [0.15, 0.2) is 5.96 Å². The molecule has 1 aliphatic carbocycles. The van der Waals surface area contributed by atoms with E-state index in [4.69, 9.17) is 0 Å². The molecule has 0 radical (unpaired) electrons. The molecular formula is C14H29N3. The molecule has 0 bridgehead atoms. The molecule has 100 valence electrons. The van der Waals surface area contributed by atoms with Gasteiger partial charge < -0.3 is 10.2 Å². The van der Waals surface area contributed by atoms with Crippen molar-refractivity contribution in [2.45, 2.75) is 46.5 Å². The largest absolute Gasteiger partial charge is 0.357 e. The van der Waals surface area contributed by atoms with Gasteiger partial charge in [-0.05, 0) is 38.5 Å². The number of aliphatic imine (C=N–C) groups is 1. The van der Waals surface area contributed by atoms with Crippen LogP contribution in [0.15, 0.2) is 4.99 Å². The number of hydrogen-bond donors (Lipinski definition) is 1. The summed E-state index contributed by atoms with van der Waals surface area (Å²) in [6.45, 7) is 9.55. The first-order valence-electron chi connectivity index (χ1n) is 7.16. The molecule has 1 rings (SSSR count). The molecule has 1 aliphatic rings. The van der Waals surface area contributed by atoms with Crippen molar-refractivity contribution >= 4 is 5.96 Å². The number of nitrogens with zero attached hydrogens (tertiary/aromatic N) is 2. The minimum atomic E-state index is 0.856. The van der Waals surface area contributed by atoms with Crippen LogP contribution >= 0.6 is 0 Å². The molecule has 0 spiro atoms. The first-order chi connectivity index (χ1) is 8.17. The molecule has 1 N–H and O–H groups in total. The van der Waals surface area contributed by atoms with Crippen molar-refractivity contribution in [1.29, 1.82) is 0 Å². The molecular weight excluding hydrogens is 210 g/mol. The molecule has 17 heavy (non-hydrogen) atoms. The van der Waals surface area contributed by atoms with Gasteiger partial charge >= 0.3 is 0 Å². The standard InChI is InChI=1S/C14H29N3/c1-5-15-14(16-6-2)17(4)11-13-9-7-12(3)8-10-13/h12-13H,5-11H2,1-4H3,(H,15,16). The van der Waals surface area contributed by atoms with Gasteiger partial charge in [0.25, 0.3) is 0 Å². The normalized spacial score (nSPS) is 25.8. The van der Waals surface area contributed by atoms with Crippen molar-refractivity contribution in [2.75, 3.05) is 26.7 Å². The van der Waals surface area contributed by atoms with Gasteiger partial charge in [0.2, 0.25) is 0 Å². The number of hydrogen-bond acceptors (Lipinski definition) is 1. The molecule has 0 aromatic heterocycles. The van der Waals surface area contributed by atoms with Crippen LogP contribution in [0.5, 0.6) is 0 Å². The van der Waals surface area contributed by atoms with Gasteiger partial charge in [-0.1, -0.05) is 19.8 Å². The maximum absolute atomic E-state index is 4.53. The van der Waals surface area contributed by atoms with Crippen molar-refractivity contribution in [3.05, 3.63) is 0 Å². The zero-order chi connectivity index (χ0) is 12.7. The second kappa shape index (κ2) is 7.57. The number of nitrogens with one attached hydrogen (secondary N) is 1. The van der Waals surface area contributed by atoms with Crippen LogP contribution in [0.1, 0.15) is 46.5 Å². The molecule has 0 unspecified atom stereocenters. The van der Waals surface area contributed by atoms with Crippen molar-refractivity contribution < 1.29 is 0 Å².